The number of halogens is 3. The first-order valence-electron chi connectivity index (χ1n) is 10.1. The summed E-state index contributed by atoms with van der Waals surface area (Å²) < 4.78 is 44.7. The first kappa shape index (κ1) is 23.4. The van der Waals surface area contributed by atoms with E-state index in [1.54, 1.807) is 11.3 Å². The Morgan fingerprint density at radius 1 is 1.21 bits per heavy atom. The van der Waals surface area contributed by atoms with Gasteiger partial charge in [-0.25, -0.2) is 14.8 Å². The number of aryl methyl sites for hydroxylation is 1. The van der Waals surface area contributed by atoms with Gasteiger partial charge >= 0.3 is 12.1 Å². The Labute approximate surface area is 195 Å². The zero-order valence-corrected chi connectivity index (χ0v) is 18.6. The van der Waals surface area contributed by atoms with Gasteiger partial charge in [-0.3, -0.25) is 4.40 Å². The van der Waals surface area contributed by atoms with E-state index in [9.17, 15) is 13.2 Å². The van der Waals surface area contributed by atoms with Gasteiger partial charge in [0.2, 0.25) is 6.79 Å². The number of hydrogen-bond acceptors (Lipinski definition) is 7. The highest BCUT2D eigenvalue weighted by molar-refractivity contribution is 7.14. The number of ether oxygens (including phenoxy) is 2. The summed E-state index contributed by atoms with van der Waals surface area (Å²) in [5, 5.41) is 13.4. The van der Waals surface area contributed by atoms with Gasteiger partial charge in [0.25, 0.3) is 0 Å². The van der Waals surface area contributed by atoms with E-state index in [2.05, 4.69) is 22.0 Å². The van der Waals surface area contributed by atoms with Crippen molar-refractivity contribution in [3.8, 4) is 22.9 Å². The maximum Gasteiger partial charge on any atom is 0.490 e. The van der Waals surface area contributed by atoms with Crippen LogP contribution in [0.15, 0.2) is 48.0 Å². The molecule has 4 aromatic rings. The smallest absolute Gasteiger partial charge is 0.475 e. The zero-order chi connectivity index (χ0) is 24.3. The number of hydrogen-bond donors (Lipinski definition) is 2. The van der Waals surface area contributed by atoms with Crippen molar-refractivity contribution in [3.63, 3.8) is 0 Å². The lowest BCUT2D eigenvalue weighted by Gasteiger charge is -2.04. The molecule has 2 N–H and O–H groups in total. The first-order chi connectivity index (χ1) is 16.3. The largest absolute Gasteiger partial charge is 0.490 e. The van der Waals surface area contributed by atoms with Gasteiger partial charge in [-0.2, -0.15) is 13.2 Å². The Balaban J connectivity index is 0.000000344. The SMILES string of the molecule is CCCc1nc2ccccn2c1-c1csc(Nc2ccc3c(c2)OCO3)n1.O=C(O)C(F)(F)F. The van der Waals surface area contributed by atoms with Crippen molar-refractivity contribution >= 4 is 33.8 Å². The predicted octanol–water partition coefficient (Wildman–Crippen LogP) is 5.52. The molecule has 1 aliphatic rings. The second kappa shape index (κ2) is 9.59. The number of carboxylic acids is 1. The van der Waals surface area contributed by atoms with E-state index >= 15 is 0 Å². The number of aromatic nitrogens is 3. The van der Waals surface area contributed by atoms with Crippen molar-refractivity contribution in [1.82, 2.24) is 14.4 Å². The molecule has 178 valence electrons. The van der Waals surface area contributed by atoms with Crippen LogP contribution in [0.3, 0.4) is 0 Å². The van der Waals surface area contributed by atoms with E-state index in [-0.39, 0.29) is 6.79 Å². The van der Waals surface area contributed by atoms with E-state index in [0.717, 1.165) is 57.9 Å². The summed E-state index contributed by atoms with van der Waals surface area (Å²) in [7, 11) is 0. The van der Waals surface area contributed by atoms with Crippen LogP contribution < -0.4 is 14.8 Å². The van der Waals surface area contributed by atoms with Crippen LogP contribution in [-0.4, -0.2) is 38.4 Å². The number of carboxylic acid groups (broad SMARTS) is 1. The van der Waals surface area contributed by atoms with E-state index in [1.165, 1.54) is 0 Å². The minimum atomic E-state index is -5.08. The molecule has 0 spiro atoms. The van der Waals surface area contributed by atoms with Crippen molar-refractivity contribution in [2.45, 2.75) is 25.9 Å². The molecule has 0 amide bonds. The van der Waals surface area contributed by atoms with Crippen LogP contribution >= 0.6 is 11.3 Å². The van der Waals surface area contributed by atoms with Crippen LogP contribution in [-0.2, 0) is 11.2 Å². The lowest BCUT2D eigenvalue weighted by molar-refractivity contribution is -0.192. The zero-order valence-electron chi connectivity index (χ0n) is 17.8. The van der Waals surface area contributed by atoms with Crippen molar-refractivity contribution in [2.24, 2.45) is 0 Å². The molecule has 0 saturated carbocycles. The van der Waals surface area contributed by atoms with Crippen molar-refractivity contribution in [2.75, 3.05) is 12.1 Å². The molecule has 0 saturated heterocycles. The monoisotopic (exact) mass is 492 g/mol. The normalized spacial score (nSPS) is 12.4. The number of rotatable bonds is 5. The Morgan fingerprint density at radius 3 is 2.71 bits per heavy atom. The lowest BCUT2D eigenvalue weighted by atomic mass is 10.2. The molecule has 0 bridgehead atoms. The van der Waals surface area contributed by atoms with Gasteiger partial charge in [0, 0.05) is 23.3 Å². The number of carbonyl (C=O) groups is 1. The van der Waals surface area contributed by atoms with Crippen LogP contribution in [0.5, 0.6) is 11.5 Å². The number of anilines is 2. The van der Waals surface area contributed by atoms with Crippen LogP contribution in [0.2, 0.25) is 0 Å². The fraction of sp³-hybridized carbons (Fsp3) is 0.227. The maximum absolute atomic E-state index is 10.6. The average molecular weight is 492 g/mol. The Bertz CT molecular complexity index is 1320. The molecular formula is C22H19F3N4O4S. The summed E-state index contributed by atoms with van der Waals surface area (Å²) in [5.41, 5.74) is 4.97. The predicted molar refractivity (Wildman–Crippen MR) is 120 cm³/mol. The van der Waals surface area contributed by atoms with Gasteiger partial charge in [-0.05, 0) is 30.7 Å². The maximum atomic E-state index is 10.6. The fourth-order valence-electron chi connectivity index (χ4n) is 3.26. The number of imidazole rings is 1. The highest BCUT2D eigenvalue weighted by Gasteiger charge is 2.38. The Hall–Kier alpha value is -3.80. The quantitative estimate of drug-likeness (QED) is 0.379. The summed E-state index contributed by atoms with van der Waals surface area (Å²) in [6.45, 7) is 2.44. The third-order valence-corrected chi connectivity index (χ3v) is 5.46. The molecule has 0 atom stereocenters. The number of aliphatic carboxylic acids is 1. The summed E-state index contributed by atoms with van der Waals surface area (Å²) in [6.07, 6.45) is -1.07. The summed E-state index contributed by atoms with van der Waals surface area (Å²) in [4.78, 5) is 18.5. The third kappa shape index (κ3) is 5.06. The number of thiazole rings is 1. The number of benzene rings is 1. The molecule has 8 nitrogen and oxygen atoms in total. The van der Waals surface area contributed by atoms with Crippen LogP contribution in [0, 0.1) is 0 Å². The summed E-state index contributed by atoms with van der Waals surface area (Å²) in [5.74, 6) is -1.23. The van der Waals surface area contributed by atoms with Gasteiger partial charge in [-0.15, -0.1) is 11.3 Å². The number of nitrogens with zero attached hydrogens (tertiary/aromatic N) is 3. The molecule has 0 fully saturated rings. The van der Waals surface area contributed by atoms with Crippen molar-refractivity contribution in [1.29, 1.82) is 0 Å². The number of nitrogens with one attached hydrogen (secondary N) is 1. The molecule has 0 unspecified atom stereocenters. The number of pyridine rings is 1. The summed E-state index contributed by atoms with van der Waals surface area (Å²) in [6, 6.07) is 11.9. The second-order valence-corrected chi connectivity index (χ2v) is 7.98. The Morgan fingerprint density at radius 2 is 1.97 bits per heavy atom. The molecule has 0 aliphatic carbocycles. The Kier molecular flexibility index (Phi) is 6.59. The molecule has 5 rings (SSSR count). The second-order valence-electron chi connectivity index (χ2n) is 7.12. The molecule has 34 heavy (non-hydrogen) atoms. The fourth-order valence-corrected chi connectivity index (χ4v) is 3.98. The number of fused-ring (bicyclic) bond motifs is 2. The standard InChI is InChI=1S/C20H18N4O2S.C2HF3O2/c1-2-5-14-19(24-9-4-3-6-18(24)22-14)15-11-27-20(23-15)21-13-7-8-16-17(10-13)26-12-25-16;3-2(4,5)1(6)7/h3-4,6-11H,2,5,12H2,1H3,(H,21,23);(H,6,7). The highest BCUT2D eigenvalue weighted by Crippen LogP contribution is 2.36. The highest BCUT2D eigenvalue weighted by atomic mass is 32.1. The molecule has 1 aromatic carbocycles. The molecule has 3 aromatic heterocycles. The van der Waals surface area contributed by atoms with E-state index in [0.29, 0.717) is 0 Å². The number of alkyl halides is 3. The summed E-state index contributed by atoms with van der Waals surface area (Å²) >= 11 is 1.58. The van der Waals surface area contributed by atoms with Gasteiger partial charge < -0.3 is 19.9 Å². The lowest BCUT2D eigenvalue weighted by Crippen LogP contribution is -2.21. The minimum Gasteiger partial charge on any atom is -0.475 e. The van der Waals surface area contributed by atoms with E-state index in [1.807, 2.05) is 42.6 Å². The van der Waals surface area contributed by atoms with Gasteiger partial charge in [0.05, 0.1) is 11.4 Å². The third-order valence-electron chi connectivity index (χ3n) is 4.70. The van der Waals surface area contributed by atoms with Crippen molar-refractivity contribution < 1.29 is 32.5 Å². The molecule has 12 heteroatoms. The molecule has 0 radical (unpaired) electrons. The minimum absolute atomic E-state index is 0.272. The van der Waals surface area contributed by atoms with Crippen molar-refractivity contribution in [3.05, 3.63) is 53.7 Å². The molecule has 4 heterocycles. The molecular weight excluding hydrogens is 473 g/mol. The van der Waals surface area contributed by atoms with Crippen LogP contribution in [0.4, 0.5) is 24.0 Å². The van der Waals surface area contributed by atoms with Crippen LogP contribution in [0.1, 0.15) is 19.0 Å². The van der Waals surface area contributed by atoms with Gasteiger partial charge in [0.1, 0.15) is 11.3 Å². The van der Waals surface area contributed by atoms with E-state index in [4.69, 9.17) is 29.3 Å². The topological polar surface area (TPSA) is 98.0 Å². The first-order valence-corrected chi connectivity index (χ1v) is 11.0. The van der Waals surface area contributed by atoms with Crippen LogP contribution in [0.25, 0.3) is 17.0 Å². The molecule has 1 aliphatic heterocycles. The van der Waals surface area contributed by atoms with Gasteiger partial charge in [-0.1, -0.05) is 19.4 Å². The van der Waals surface area contributed by atoms with E-state index < -0.39 is 12.1 Å². The average Bonchev–Trinajstić information content (AvgIpc) is 3.51. The van der Waals surface area contributed by atoms with Gasteiger partial charge in [0.15, 0.2) is 16.6 Å².